The second-order valence-corrected chi connectivity index (χ2v) is 10.3. The first-order valence-corrected chi connectivity index (χ1v) is 13.1. The van der Waals surface area contributed by atoms with E-state index in [0.29, 0.717) is 22.9 Å². The summed E-state index contributed by atoms with van der Waals surface area (Å²) in [6, 6.07) is 23.3. The largest absolute Gasteiger partial charge is 0.247 e. The molecule has 2 nitrogen and oxygen atoms in total. The molecule has 0 amide bonds. The van der Waals surface area contributed by atoms with Gasteiger partial charge in [-0.05, 0) is 58.4 Å². The van der Waals surface area contributed by atoms with Crippen molar-refractivity contribution in [3.8, 4) is 11.1 Å². The number of benzene rings is 4. The normalized spacial score (nSPS) is 15.0. The fraction of sp³-hybridized carbons (Fsp3) is 0.125. The standard InChI is InChI=1S/C32H22Cl2N2/c33-29-26-16-24-14-12-22(20-9-5-2-6-10-20)18-28(24)36-32(26)30(34)25-15-23-13-11-21(17-27(23)35-31(25)29)19-7-3-1-4-8-19/h1,3-5,7-14,17-18H,2,6,15-16H2. The van der Waals surface area contributed by atoms with E-state index < -0.39 is 0 Å². The van der Waals surface area contributed by atoms with Gasteiger partial charge in [0.1, 0.15) is 0 Å². The molecule has 4 heteroatoms. The van der Waals surface area contributed by atoms with Gasteiger partial charge in [0.05, 0.1) is 32.1 Å². The molecule has 0 fully saturated rings. The van der Waals surface area contributed by atoms with Crippen LogP contribution in [-0.2, 0) is 12.8 Å². The maximum absolute atomic E-state index is 7.03. The van der Waals surface area contributed by atoms with Crippen LogP contribution < -0.4 is 10.7 Å². The summed E-state index contributed by atoms with van der Waals surface area (Å²) in [6.07, 6.45) is 10.3. The fourth-order valence-corrected chi connectivity index (χ4v) is 6.01. The number of halogens is 2. The van der Waals surface area contributed by atoms with Crippen LogP contribution >= 0.6 is 23.2 Å². The van der Waals surface area contributed by atoms with Crippen molar-refractivity contribution in [2.45, 2.75) is 25.7 Å². The molecule has 0 atom stereocenters. The van der Waals surface area contributed by atoms with E-state index in [-0.39, 0.29) is 0 Å². The molecule has 0 spiro atoms. The van der Waals surface area contributed by atoms with Crippen molar-refractivity contribution < 1.29 is 0 Å². The SMILES string of the molecule is Clc1c2c(c(Cl)c3c1=Nc1cc(C4=CCCC=C4)ccc1C3)=Nc1cc(-c3ccccc3)ccc1C2. The maximum atomic E-state index is 7.03. The van der Waals surface area contributed by atoms with Crippen molar-refractivity contribution in [2.75, 3.05) is 0 Å². The van der Waals surface area contributed by atoms with E-state index in [1.165, 1.54) is 16.7 Å². The topological polar surface area (TPSA) is 24.7 Å². The predicted molar refractivity (Wildman–Crippen MR) is 148 cm³/mol. The van der Waals surface area contributed by atoms with Crippen LogP contribution in [0.1, 0.15) is 40.7 Å². The van der Waals surface area contributed by atoms with Crippen molar-refractivity contribution >= 4 is 40.1 Å². The number of nitrogens with zero attached hydrogens (tertiary/aromatic N) is 2. The molecule has 0 N–H and O–H groups in total. The van der Waals surface area contributed by atoms with Gasteiger partial charge in [-0.3, -0.25) is 0 Å². The van der Waals surface area contributed by atoms with E-state index in [0.717, 1.165) is 62.7 Å². The summed E-state index contributed by atoms with van der Waals surface area (Å²) < 4.78 is 0. The van der Waals surface area contributed by atoms with E-state index in [9.17, 15) is 0 Å². The van der Waals surface area contributed by atoms with E-state index in [1.807, 2.05) is 6.07 Å². The lowest BCUT2D eigenvalue weighted by molar-refractivity contribution is 1.01. The third-order valence-corrected chi connectivity index (χ3v) is 8.14. The quantitative estimate of drug-likeness (QED) is 0.227. The van der Waals surface area contributed by atoms with Crippen molar-refractivity contribution in [3.63, 3.8) is 0 Å². The second-order valence-electron chi connectivity index (χ2n) is 9.55. The zero-order valence-corrected chi connectivity index (χ0v) is 21.1. The van der Waals surface area contributed by atoms with Crippen LogP contribution in [0, 0.1) is 0 Å². The van der Waals surface area contributed by atoms with Crippen molar-refractivity contribution in [2.24, 2.45) is 9.98 Å². The van der Waals surface area contributed by atoms with Crippen molar-refractivity contribution in [3.05, 3.63) is 134 Å². The Morgan fingerprint density at radius 3 is 1.83 bits per heavy atom. The Kier molecular flexibility index (Phi) is 5.20. The molecule has 0 bridgehead atoms. The molecule has 4 aromatic rings. The number of allylic oxidation sites excluding steroid dienone is 4. The highest BCUT2D eigenvalue weighted by molar-refractivity contribution is 6.34. The summed E-state index contributed by atoms with van der Waals surface area (Å²) in [5, 5.41) is 2.90. The number of fused-ring (bicyclic) bond motifs is 4. The Bertz CT molecular complexity index is 1750. The van der Waals surface area contributed by atoms with Crippen LogP contribution in [0.4, 0.5) is 11.4 Å². The second kappa shape index (κ2) is 8.58. The Hall–Kier alpha value is -3.46. The molecule has 36 heavy (non-hydrogen) atoms. The lowest BCUT2D eigenvalue weighted by atomic mass is 9.91. The first-order valence-electron chi connectivity index (χ1n) is 12.3. The molecule has 0 saturated heterocycles. The summed E-state index contributed by atoms with van der Waals surface area (Å²) in [5.41, 5.74) is 10.9. The summed E-state index contributed by atoms with van der Waals surface area (Å²) in [6.45, 7) is 0. The smallest absolute Gasteiger partial charge is 0.0878 e. The zero-order valence-electron chi connectivity index (χ0n) is 19.6. The van der Waals surface area contributed by atoms with E-state index in [2.05, 4.69) is 78.9 Å². The molecule has 174 valence electrons. The highest BCUT2D eigenvalue weighted by atomic mass is 35.5. The molecular formula is C32H22Cl2N2. The summed E-state index contributed by atoms with van der Waals surface area (Å²) >= 11 is 14.1. The van der Waals surface area contributed by atoms with Gasteiger partial charge in [0.25, 0.3) is 0 Å². The summed E-state index contributed by atoms with van der Waals surface area (Å²) in [5.74, 6) is 0. The Morgan fingerprint density at radius 1 is 0.611 bits per heavy atom. The minimum Gasteiger partial charge on any atom is -0.247 e. The molecule has 0 aromatic heterocycles. The zero-order chi connectivity index (χ0) is 24.2. The highest BCUT2D eigenvalue weighted by Crippen LogP contribution is 2.36. The fourth-order valence-electron chi connectivity index (χ4n) is 5.39. The van der Waals surface area contributed by atoms with Crippen molar-refractivity contribution in [1.29, 1.82) is 0 Å². The van der Waals surface area contributed by atoms with Gasteiger partial charge < -0.3 is 0 Å². The third-order valence-electron chi connectivity index (χ3n) is 7.32. The first kappa shape index (κ1) is 21.8. The van der Waals surface area contributed by atoms with Gasteiger partial charge >= 0.3 is 0 Å². The number of rotatable bonds is 2. The molecule has 2 heterocycles. The van der Waals surface area contributed by atoms with Crippen molar-refractivity contribution in [1.82, 2.24) is 0 Å². The lowest BCUT2D eigenvalue weighted by Crippen LogP contribution is -2.28. The number of hydrogen-bond donors (Lipinski definition) is 0. The van der Waals surface area contributed by atoms with Crippen LogP contribution in [0.3, 0.4) is 0 Å². The van der Waals surface area contributed by atoms with Gasteiger partial charge in [0.2, 0.25) is 0 Å². The molecule has 0 saturated carbocycles. The van der Waals surface area contributed by atoms with Crippen LogP contribution in [0.2, 0.25) is 10.0 Å². The first-order chi connectivity index (χ1) is 17.7. The van der Waals surface area contributed by atoms with E-state index in [4.69, 9.17) is 33.2 Å². The van der Waals surface area contributed by atoms with Crippen LogP contribution in [0.15, 0.2) is 94.9 Å². The monoisotopic (exact) mass is 504 g/mol. The molecule has 4 aromatic carbocycles. The van der Waals surface area contributed by atoms with E-state index >= 15 is 0 Å². The summed E-state index contributed by atoms with van der Waals surface area (Å²) in [4.78, 5) is 10.1. The lowest BCUT2D eigenvalue weighted by Gasteiger charge is -2.21. The van der Waals surface area contributed by atoms with Gasteiger partial charge in [-0.25, -0.2) is 9.98 Å². The van der Waals surface area contributed by atoms with Gasteiger partial charge in [0.15, 0.2) is 0 Å². The van der Waals surface area contributed by atoms with Crippen LogP contribution in [0.25, 0.3) is 16.7 Å². The summed E-state index contributed by atoms with van der Waals surface area (Å²) in [7, 11) is 0. The van der Waals surface area contributed by atoms with E-state index in [1.54, 1.807) is 0 Å². The predicted octanol–water partition coefficient (Wildman–Crippen LogP) is 8.10. The third kappa shape index (κ3) is 3.56. The number of hydrogen-bond acceptors (Lipinski definition) is 2. The highest BCUT2D eigenvalue weighted by Gasteiger charge is 2.24. The minimum atomic E-state index is 0.663. The minimum absolute atomic E-state index is 0.663. The average Bonchev–Trinajstić information content (AvgIpc) is 2.94. The molecule has 0 radical (unpaired) electrons. The Morgan fingerprint density at radius 2 is 1.22 bits per heavy atom. The molecule has 0 unspecified atom stereocenters. The van der Waals surface area contributed by atoms with Gasteiger partial charge in [-0.15, -0.1) is 0 Å². The van der Waals surface area contributed by atoms with Gasteiger partial charge in [0, 0.05) is 24.0 Å². The van der Waals surface area contributed by atoms with Gasteiger partial charge in [-0.1, -0.05) is 96.0 Å². The average molecular weight is 505 g/mol. The molecule has 3 aliphatic rings. The molecular weight excluding hydrogens is 483 g/mol. The van der Waals surface area contributed by atoms with Gasteiger partial charge in [-0.2, -0.15) is 0 Å². The Labute approximate surface area is 220 Å². The molecule has 2 aliphatic heterocycles. The maximum Gasteiger partial charge on any atom is 0.0878 e. The molecule has 7 rings (SSSR count). The molecule has 1 aliphatic carbocycles. The van der Waals surface area contributed by atoms with Crippen LogP contribution in [-0.4, -0.2) is 0 Å². The van der Waals surface area contributed by atoms with Crippen LogP contribution in [0.5, 0.6) is 0 Å². The Balaban J connectivity index is 1.37.